The number of carbonyl (C=O) groups excluding carboxylic acids is 1. The number of aryl methyl sites for hydroxylation is 3. The second-order valence-electron chi connectivity index (χ2n) is 6.74. The number of hydrogen-bond donors (Lipinski definition) is 0. The number of aliphatic imine (C=N–C) groups is 1. The lowest BCUT2D eigenvalue weighted by Crippen LogP contribution is -2.21. The average Bonchev–Trinajstić information content (AvgIpc) is 2.57. The summed E-state index contributed by atoms with van der Waals surface area (Å²) in [5.74, 6) is 0.259. The standard InChI is InChI=1S/C20H30N2O/c1-5-7-11-18(20(23)14(3)6-2)22-19-13-16-10-8-9-12-17(16)21-15(19)4/h13-14H,5-12H2,1-4H3. The van der Waals surface area contributed by atoms with Gasteiger partial charge >= 0.3 is 0 Å². The van der Waals surface area contributed by atoms with Gasteiger partial charge in [-0.05, 0) is 63.5 Å². The number of ketones is 1. The number of aromatic nitrogens is 1. The van der Waals surface area contributed by atoms with E-state index in [1.165, 1.54) is 24.1 Å². The summed E-state index contributed by atoms with van der Waals surface area (Å²) in [6.45, 7) is 8.23. The van der Waals surface area contributed by atoms with E-state index in [1.807, 2.05) is 13.8 Å². The third-order valence-electron chi connectivity index (χ3n) is 4.83. The van der Waals surface area contributed by atoms with E-state index in [9.17, 15) is 4.79 Å². The smallest absolute Gasteiger partial charge is 0.179 e. The van der Waals surface area contributed by atoms with Gasteiger partial charge in [-0.2, -0.15) is 0 Å². The fourth-order valence-corrected chi connectivity index (χ4v) is 3.03. The van der Waals surface area contributed by atoms with Gasteiger partial charge in [-0.25, -0.2) is 4.99 Å². The Morgan fingerprint density at radius 3 is 2.74 bits per heavy atom. The summed E-state index contributed by atoms with van der Waals surface area (Å²) in [6, 6.07) is 2.17. The summed E-state index contributed by atoms with van der Waals surface area (Å²) >= 11 is 0. The molecule has 0 aromatic carbocycles. The number of carbonyl (C=O) groups is 1. The molecule has 2 rings (SSSR count). The Labute approximate surface area is 140 Å². The second-order valence-corrected chi connectivity index (χ2v) is 6.74. The molecular weight excluding hydrogens is 284 g/mol. The molecular formula is C20H30N2O. The maximum atomic E-state index is 12.6. The van der Waals surface area contributed by atoms with Crippen molar-refractivity contribution in [2.45, 2.75) is 79.1 Å². The van der Waals surface area contributed by atoms with Gasteiger partial charge in [0.1, 0.15) is 0 Å². The molecule has 0 saturated heterocycles. The Bertz CT molecular complexity index is 590. The lowest BCUT2D eigenvalue weighted by Gasteiger charge is -2.17. The largest absolute Gasteiger partial charge is 0.293 e. The van der Waals surface area contributed by atoms with Crippen molar-refractivity contribution >= 4 is 17.2 Å². The molecule has 1 atom stereocenters. The Morgan fingerprint density at radius 2 is 2.04 bits per heavy atom. The van der Waals surface area contributed by atoms with E-state index in [0.717, 1.165) is 55.6 Å². The van der Waals surface area contributed by atoms with Crippen molar-refractivity contribution in [3.8, 4) is 0 Å². The fourth-order valence-electron chi connectivity index (χ4n) is 3.03. The van der Waals surface area contributed by atoms with Crippen molar-refractivity contribution in [2.24, 2.45) is 10.9 Å². The Kier molecular flexibility index (Phi) is 6.49. The van der Waals surface area contributed by atoms with Gasteiger partial charge in [-0.15, -0.1) is 0 Å². The summed E-state index contributed by atoms with van der Waals surface area (Å²) in [7, 11) is 0. The van der Waals surface area contributed by atoms with Crippen molar-refractivity contribution in [1.29, 1.82) is 0 Å². The summed E-state index contributed by atoms with van der Waals surface area (Å²) in [4.78, 5) is 22.2. The number of rotatable bonds is 7. The van der Waals surface area contributed by atoms with Gasteiger partial charge in [-0.3, -0.25) is 9.78 Å². The molecule has 3 heteroatoms. The molecule has 0 bridgehead atoms. The van der Waals surface area contributed by atoms with Crippen LogP contribution in [0.15, 0.2) is 11.1 Å². The minimum atomic E-state index is 0.0523. The highest BCUT2D eigenvalue weighted by molar-refractivity contribution is 6.41. The molecule has 1 unspecified atom stereocenters. The second kappa shape index (κ2) is 8.37. The normalized spacial score (nSPS) is 16.1. The van der Waals surface area contributed by atoms with Gasteiger partial charge in [0.05, 0.1) is 17.1 Å². The Morgan fingerprint density at radius 1 is 1.30 bits per heavy atom. The summed E-state index contributed by atoms with van der Waals surface area (Å²) < 4.78 is 0. The van der Waals surface area contributed by atoms with Gasteiger partial charge in [0.2, 0.25) is 0 Å². The zero-order valence-electron chi connectivity index (χ0n) is 15.1. The van der Waals surface area contributed by atoms with Crippen LogP contribution in [-0.4, -0.2) is 16.5 Å². The first kappa shape index (κ1) is 17.8. The highest BCUT2D eigenvalue weighted by Crippen LogP contribution is 2.27. The van der Waals surface area contributed by atoms with Crippen molar-refractivity contribution in [3.63, 3.8) is 0 Å². The molecule has 0 radical (unpaired) electrons. The highest BCUT2D eigenvalue weighted by Gasteiger charge is 2.19. The number of nitrogens with zero attached hydrogens (tertiary/aromatic N) is 2. The van der Waals surface area contributed by atoms with Crippen LogP contribution in [0.25, 0.3) is 0 Å². The van der Waals surface area contributed by atoms with Crippen LogP contribution in [-0.2, 0) is 17.6 Å². The molecule has 0 fully saturated rings. The number of fused-ring (bicyclic) bond motifs is 1. The van der Waals surface area contributed by atoms with E-state index in [2.05, 4.69) is 19.9 Å². The van der Waals surface area contributed by atoms with Crippen LogP contribution < -0.4 is 0 Å². The summed E-state index contributed by atoms with van der Waals surface area (Å²) in [6.07, 6.45) is 8.36. The van der Waals surface area contributed by atoms with E-state index in [4.69, 9.17) is 9.98 Å². The fraction of sp³-hybridized carbons (Fsp3) is 0.650. The van der Waals surface area contributed by atoms with Crippen LogP contribution in [0.1, 0.15) is 76.2 Å². The van der Waals surface area contributed by atoms with Crippen LogP contribution in [0.5, 0.6) is 0 Å². The predicted molar refractivity (Wildman–Crippen MR) is 96.7 cm³/mol. The quantitative estimate of drug-likeness (QED) is 0.653. The van der Waals surface area contributed by atoms with Gasteiger partial charge in [0.15, 0.2) is 5.78 Å². The van der Waals surface area contributed by atoms with Crippen LogP contribution in [0.3, 0.4) is 0 Å². The van der Waals surface area contributed by atoms with Crippen LogP contribution >= 0.6 is 0 Å². The van der Waals surface area contributed by atoms with Crippen LogP contribution in [0.2, 0.25) is 0 Å². The number of pyridine rings is 1. The van der Waals surface area contributed by atoms with Crippen molar-refractivity contribution in [2.75, 3.05) is 0 Å². The zero-order valence-corrected chi connectivity index (χ0v) is 15.1. The maximum absolute atomic E-state index is 12.6. The molecule has 0 spiro atoms. The molecule has 1 aromatic rings. The monoisotopic (exact) mass is 314 g/mol. The summed E-state index contributed by atoms with van der Waals surface area (Å²) in [5, 5.41) is 0. The Hall–Kier alpha value is -1.51. The average molecular weight is 314 g/mol. The zero-order chi connectivity index (χ0) is 16.8. The molecule has 0 aliphatic heterocycles. The predicted octanol–water partition coefficient (Wildman–Crippen LogP) is 5.15. The maximum Gasteiger partial charge on any atom is 0.179 e. The highest BCUT2D eigenvalue weighted by atomic mass is 16.1. The van der Waals surface area contributed by atoms with E-state index in [-0.39, 0.29) is 11.7 Å². The van der Waals surface area contributed by atoms with E-state index in [1.54, 1.807) is 0 Å². The van der Waals surface area contributed by atoms with Gasteiger partial charge in [0, 0.05) is 11.6 Å². The molecule has 23 heavy (non-hydrogen) atoms. The molecule has 1 aromatic heterocycles. The van der Waals surface area contributed by atoms with Crippen LogP contribution in [0.4, 0.5) is 5.69 Å². The first-order valence-corrected chi connectivity index (χ1v) is 9.18. The molecule has 1 aliphatic carbocycles. The Balaban J connectivity index is 2.35. The third-order valence-corrected chi connectivity index (χ3v) is 4.83. The first-order chi connectivity index (χ1) is 11.1. The van der Waals surface area contributed by atoms with Crippen LogP contribution in [0, 0.1) is 12.8 Å². The molecule has 126 valence electrons. The topological polar surface area (TPSA) is 42.3 Å². The lowest BCUT2D eigenvalue weighted by molar-refractivity contribution is -0.116. The number of unbranched alkanes of at least 4 members (excludes halogenated alkanes) is 1. The molecule has 0 saturated carbocycles. The van der Waals surface area contributed by atoms with Crippen molar-refractivity contribution in [3.05, 3.63) is 23.0 Å². The lowest BCUT2D eigenvalue weighted by atomic mass is 9.94. The SMILES string of the molecule is CCCCC(=Nc1cc2c(nc1C)CCCC2)C(=O)C(C)CC. The molecule has 0 amide bonds. The van der Waals surface area contributed by atoms with E-state index >= 15 is 0 Å². The number of Topliss-reactive ketones (excluding diaryl/α,β-unsaturated/α-hetero) is 1. The minimum Gasteiger partial charge on any atom is -0.293 e. The molecule has 3 nitrogen and oxygen atoms in total. The van der Waals surface area contributed by atoms with Gasteiger partial charge < -0.3 is 0 Å². The van der Waals surface area contributed by atoms with Crippen molar-refractivity contribution < 1.29 is 4.79 Å². The van der Waals surface area contributed by atoms with E-state index < -0.39 is 0 Å². The number of hydrogen-bond acceptors (Lipinski definition) is 3. The molecule has 1 aliphatic rings. The van der Waals surface area contributed by atoms with E-state index in [0.29, 0.717) is 0 Å². The first-order valence-electron chi connectivity index (χ1n) is 9.18. The molecule has 1 heterocycles. The minimum absolute atomic E-state index is 0.0523. The third kappa shape index (κ3) is 4.49. The van der Waals surface area contributed by atoms with Gasteiger partial charge in [0.25, 0.3) is 0 Å². The molecule has 0 N–H and O–H groups in total. The van der Waals surface area contributed by atoms with Gasteiger partial charge in [-0.1, -0.05) is 27.2 Å². The van der Waals surface area contributed by atoms with Crippen molar-refractivity contribution in [1.82, 2.24) is 4.98 Å². The summed E-state index contributed by atoms with van der Waals surface area (Å²) in [5.41, 5.74) is 5.15.